The third kappa shape index (κ3) is 6.15. The molecule has 1 aromatic carbocycles. The van der Waals surface area contributed by atoms with Crippen molar-refractivity contribution < 1.29 is 34.2 Å². The van der Waals surface area contributed by atoms with E-state index < -0.39 is 12.1 Å². The van der Waals surface area contributed by atoms with Gasteiger partial charge in [0.15, 0.2) is 0 Å². The Hall–Kier alpha value is -1.67. The van der Waals surface area contributed by atoms with Gasteiger partial charge in [-0.15, -0.1) is 0 Å². The van der Waals surface area contributed by atoms with E-state index in [0.717, 1.165) is 0 Å². The third-order valence-corrected chi connectivity index (χ3v) is 3.14. The first-order valence-electron chi connectivity index (χ1n) is 7.60. The molecule has 0 amide bonds. The molecule has 2 unspecified atom stereocenters. The standard InChI is InChI=1S/C16H24O7/c1-5-12(3)20-22-16(19-15(17)18,23-21-13(4)6-2)14-10-8-7-9-11-14/h7-13H,5-6H2,1-4H3,(H,17,18). The average molecular weight is 328 g/mol. The average Bonchev–Trinajstić information content (AvgIpc) is 2.57. The Bertz CT molecular complexity index is 449. The van der Waals surface area contributed by atoms with Crippen molar-refractivity contribution in [3.63, 3.8) is 0 Å². The molecule has 23 heavy (non-hydrogen) atoms. The molecule has 0 radical (unpaired) electrons. The van der Waals surface area contributed by atoms with Gasteiger partial charge in [0, 0.05) is 0 Å². The maximum Gasteiger partial charge on any atom is 0.510 e. The molecule has 0 saturated heterocycles. The predicted molar refractivity (Wildman–Crippen MR) is 81.1 cm³/mol. The van der Waals surface area contributed by atoms with Crippen molar-refractivity contribution in [2.24, 2.45) is 0 Å². The number of hydrogen-bond donors (Lipinski definition) is 1. The second-order valence-corrected chi connectivity index (χ2v) is 5.09. The molecule has 0 spiro atoms. The van der Waals surface area contributed by atoms with Crippen molar-refractivity contribution in [3.05, 3.63) is 35.9 Å². The summed E-state index contributed by atoms with van der Waals surface area (Å²) in [6.07, 6.45) is -0.853. The molecule has 130 valence electrons. The van der Waals surface area contributed by atoms with Gasteiger partial charge >= 0.3 is 12.1 Å². The van der Waals surface area contributed by atoms with E-state index in [2.05, 4.69) is 0 Å². The van der Waals surface area contributed by atoms with Crippen LogP contribution in [-0.4, -0.2) is 23.5 Å². The zero-order chi connectivity index (χ0) is 17.3. The molecule has 0 fully saturated rings. The third-order valence-electron chi connectivity index (χ3n) is 3.14. The smallest absolute Gasteiger partial charge is 0.450 e. The van der Waals surface area contributed by atoms with Gasteiger partial charge in [0.05, 0.1) is 17.8 Å². The van der Waals surface area contributed by atoms with Crippen molar-refractivity contribution >= 4 is 6.16 Å². The first-order chi connectivity index (χ1) is 10.9. The predicted octanol–water partition coefficient (Wildman–Crippen LogP) is 3.98. The first-order valence-corrected chi connectivity index (χ1v) is 7.60. The fourth-order valence-electron chi connectivity index (χ4n) is 1.39. The summed E-state index contributed by atoms with van der Waals surface area (Å²) in [5.74, 6) is -2.17. The number of carboxylic acid groups (broad SMARTS) is 1. The molecular weight excluding hydrogens is 304 g/mol. The summed E-state index contributed by atoms with van der Waals surface area (Å²) >= 11 is 0. The van der Waals surface area contributed by atoms with E-state index in [0.29, 0.717) is 12.8 Å². The van der Waals surface area contributed by atoms with Gasteiger partial charge in [-0.3, -0.25) is 0 Å². The molecule has 1 rings (SSSR count). The summed E-state index contributed by atoms with van der Waals surface area (Å²) in [6.45, 7) is 7.33. The zero-order valence-electron chi connectivity index (χ0n) is 13.9. The van der Waals surface area contributed by atoms with E-state index in [1.54, 1.807) is 44.2 Å². The van der Waals surface area contributed by atoms with Gasteiger partial charge in [-0.2, -0.15) is 9.78 Å². The lowest BCUT2D eigenvalue weighted by Crippen LogP contribution is -2.40. The van der Waals surface area contributed by atoms with Crippen molar-refractivity contribution in [1.29, 1.82) is 0 Å². The van der Waals surface area contributed by atoms with Crippen LogP contribution in [-0.2, 0) is 30.3 Å². The van der Waals surface area contributed by atoms with Gasteiger partial charge in [-0.05, 0) is 38.8 Å². The Morgan fingerprint density at radius 3 is 1.91 bits per heavy atom. The molecule has 0 saturated carbocycles. The highest BCUT2D eigenvalue weighted by atomic mass is 17.4. The molecular formula is C16H24O7. The molecule has 0 aliphatic heterocycles. The number of benzene rings is 1. The molecule has 0 aromatic heterocycles. The summed E-state index contributed by atoms with van der Waals surface area (Å²) in [7, 11) is 0. The number of hydrogen-bond acceptors (Lipinski definition) is 6. The number of rotatable bonds is 10. The van der Waals surface area contributed by atoms with Gasteiger partial charge in [0.25, 0.3) is 0 Å². The van der Waals surface area contributed by atoms with Gasteiger partial charge in [0.1, 0.15) is 0 Å². The van der Waals surface area contributed by atoms with Gasteiger partial charge in [-0.25, -0.2) is 14.6 Å². The van der Waals surface area contributed by atoms with Crippen LogP contribution in [0.5, 0.6) is 0 Å². The molecule has 7 heteroatoms. The SMILES string of the molecule is CCC(C)OOC(OOC(C)CC)(OC(=O)O)c1ccccc1. The monoisotopic (exact) mass is 328 g/mol. The molecule has 0 aliphatic rings. The van der Waals surface area contributed by atoms with E-state index in [-0.39, 0.29) is 17.8 Å². The molecule has 1 aromatic rings. The Morgan fingerprint density at radius 1 is 1.04 bits per heavy atom. The normalized spacial score (nSPS) is 16.3. The highest BCUT2D eigenvalue weighted by Gasteiger charge is 2.44. The number of carbonyl (C=O) groups is 1. The molecule has 0 bridgehead atoms. The Kier molecular flexibility index (Phi) is 7.97. The molecule has 7 nitrogen and oxygen atoms in total. The van der Waals surface area contributed by atoms with E-state index in [9.17, 15) is 4.79 Å². The van der Waals surface area contributed by atoms with Crippen LogP contribution in [0.15, 0.2) is 30.3 Å². The summed E-state index contributed by atoms with van der Waals surface area (Å²) in [6, 6.07) is 8.31. The summed E-state index contributed by atoms with van der Waals surface area (Å²) in [5.41, 5.74) is 0.286. The fourth-order valence-corrected chi connectivity index (χ4v) is 1.39. The van der Waals surface area contributed by atoms with Gasteiger partial charge in [0.2, 0.25) is 0 Å². The first kappa shape index (κ1) is 19.4. The van der Waals surface area contributed by atoms with Gasteiger partial charge < -0.3 is 9.84 Å². The highest BCUT2D eigenvalue weighted by molar-refractivity contribution is 5.57. The van der Waals surface area contributed by atoms with Crippen LogP contribution < -0.4 is 0 Å². The number of ether oxygens (including phenoxy) is 1. The van der Waals surface area contributed by atoms with Crippen molar-refractivity contribution in [1.82, 2.24) is 0 Å². The van der Waals surface area contributed by atoms with E-state index in [1.165, 1.54) is 0 Å². The van der Waals surface area contributed by atoms with E-state index >= 15 is 0 Å². The zero-order valence-corrected chi connectivity index (χ0v) is 13.9. The van der Waals surface area contributed by atoms with Crippen LogP contribution in [0, 0.1) is 0 Å². The van der Waals surface area contributed by atoms with Crippen molar-refractivity contribution in [2.75, 3.05) is 0 Å². The second kappa shape index (κ2) is 9.46. The molecule has 2 atom stereocenters. The lowest BCUT2D eigenvalue weighted by Gasteiger charge is -2.30. The minimum Gasteiger partial charge on any atom is -0.450 e. The van der Waals surface area contributed by atoms with Crippen LogP contribution >= 0.6 is 0 Å². The second-order valence-electron chi connectivity index (χ2n) is 5.09. The van der Waals surface area contributed by atoms with Crippen LogP contribution in [0.3, 0.4) is 0 Å². The lowest BCUT2D eigenvalue weighted by molar-refractivity contribution is -0.590. The van der Waals surface area contributed by atoms with Crippen LogP contribution in [0.1, 0.15) is 46.1 Å². The quantitative estimate of drug-likeness (QED) is 0.301. The van der Waals surface area contributed by atoms with Crippen molar-refractivity contribution in [2.45, 2.75) is 58.7 Å². The Balaban J connectivity index is 3.07. The summed E-state index contributed by atoms with van der Waals surface area (Å²) in [4.78, 5) is 31.9. The topological polar surface area (TPSA) is 83.5 Å². The Labute approximate surface area is 135 Å². The fraction of sp³-hybridized carbons (Fsp3) is 0.562. The minimum atomic E-state index is -2.17. The molecule has 0 aliphatic carbocycles. The van der Waals surface area contributed by atoms with E-state index in [4.69, 9.17) is 29.4 Å². The largest absolute Gasteiger partial charge is 0.510 e. The lowest BCUT2D eigenvalue weighted by atomic mass is 10.2. The maximum atomic E-state index is 11.1. The maximum absolute atomic E-state index is 11.1. The van der Waals surface area contributed by atoms with Crippen LogP contribution in [0.4, 0.5) is 4.79 Å². The molecule has 0 heterocycles. The van der Waals surface area contributed by atoms with Gasteiger partial charge in [-0.1, -0.05) is 32.0 Å². The van der Waals surface area contributed by atoms with E-state index in [1.807, 2.05) is 13.8 Å². The minimum absolute atomic E-state index is 0.286. The highest BCUT2D eigenvalue weighted by Crippen LogP contribution is 2.31. The summed E-state index contributed by atoms with van der Waals surface area (Å²) < 4.78 is 4.84. The molecule has 1 N–H and O–H groups in total. The van der Waals surface area contributed by atoms with Crippen LogP contribution in [0.2, 0.25) is 0 Å². The Morgan fingerprint density at radius 2 is 1.52 bits per heavy atom. The summed E-state index contributed by atoms with van der Waals surface area (Å²) in [5, 5.41) is 9.06. The van der Waals surface area contributed by atoms with Crippen molar-refractivity contribution in [3.8, 4) is 0 Å². The van der Waals surface area contributed by atoms with Crippen LogP contribution in [0.25, 0.3) is 0 Å².